The molecule has 0 aromatic carbocycles. The predicted octanol–water partition coefficient (Wildman–Crippen LogP) is -2.33. The van der Waals surface area contributed by atoms with Gasteiger partial charge in [-0.1, -0.05) is 0 Å². The van der Waals surface area contributed by atoms with Gasteiger partial charge in [-0.2, -0.15) is 8.42 Å². The average Bonchev–Trinajstić information content (AvgIpc) is 1.61. The topological polar surface area (TPSA) is 115 Å². The van der Waals surface area contributed by atoms with E-state index in [9.17, 15) is 0 Å². The Bertz CT molecular complexity index is 119. The summed E-state index contributed by atoms with van der Waals surface area (Å²) in [4.78, 5) is 0. The molecule has 0 saturated carbocycles. The molecule has 0 unspecified atom stereocenters. The second-order valence-electron chi connectivity index (χ2n) is 0.895. The molecule has 8 heteroatoms. The summed E-state index contributed by atoms with van der Waals surface area (Å²) in [5.41, 5.74) is 0. The molecule has 0 aliphatic carbocycles. The molecule has 0 fully saturated rings. The van der Waals surface area contributed by atoms with Crippen LogP contribution >= 0.6 is 0 Å². The first-order chi connectivity index (χ1) is 3.91. The zero-order chi connectivity index (χ0) is 7.91. The van der Waals surface area contributed by atoms with Crippen LogP contribution < -0.4 is 0 Å². The SMILES string of the molecule is O=S(=O)(O)O.OCCO.[NaH]. The molecule has 0 bridgehead atoms. The van der Waals surface area contributed by atoms with Crippen molar-refractivity contribution in [1.29, 1.82) is 0 Å². The van der Waals surface area contributed by atoms with Gasteiger partial charge in [-0.05, 0) is 0 Å². The van der Waals surface area contributed by atoms with Crippen molar-refractivity contribution in [2.75, 3.05) is 13.2 Å². The van der Waals surface area contributed by atoms with Crippen molar-refractivity contribution < 1.29 is 27.7 Å². The van der Waals surface area contributed by atoms with Crippen LogP contribution in [-0.2, 0) is 10.4 Å². The van der Waals surface area contributed by atoms with E-state index in [1.807, 2.05) is 0 Å². The quantitative estimate of drug-likeness (QED) is 0.268. The van der Waals surface area contributed by atoms with E-state index in [-0.39, 0.29) is 42.8 Å². The van der Waals surface area contributed by atoms with E-state index >= 15 is 0 Å². The molecule has 0 rings (SSSR count). The van der Waals surface area contributed by atoms with Crippen LogP contribution in [0.4, 0.5) is 0 Å². The molecule has 10 heavy (non-hydrogen) atoms. The fourth-order valence-corrected chi connectivity index (χ4v) is 0. The van der Waals surface area contributed by atoms with Crippen LogP contribution in [0, 0.1) is 0 Å². The van der Waals surface area contributed by atoms with Crippen molar-refractivity contribution in [3.05, 3.63) is 0 Å². The summed E-state index contributed by atoms with van der Waals surface area (Å²) in [7, 11) is -4.67. The molecular weight excluding hydrogens is 175 g/mol. The van der Waals surface area contributed by atoms with Gasteiger partial charge in [0.15, 0.2) is 0 Å². The van der Waals surface area contributed by atoms with Crippen LogP contribution in [0.2, 0.25) is 0 Å². The molecule has 0 aliphatic heterocycles. The van der Waals surface area contributed by atoms with Gasteiger partial charge in [0.05, 0.1) is 13.2 Å². The molecule has 0 aromatic rings. The summed E-state index contributed by atoms with van der Waals surface area (Å²) in [6.45, 7) is -0.250. The van der Waals surface area contributed by atoms with Crippen molar-refractivity contribution in [2.24, 2.45) is 0 Å². The maximum absolute atomic E-state index is 8.74. The van der Waals surface area contributed by atoms with Gasteiger partial charge in [0.1, 0.15) is 0 Å². The molecule has 4 N–H and O–H groups in total. The van der Waals surface area contributed by atoms with E-state index in [4.69, 9.17) is 27.7 Å². The van der Waals surface area contributed by atoms with Crippen molar-refractivity contribution in [1.82, 2.24) is 0 Å². The fourth-order valence-electron chi connectivity index (χ4n) is 0. The Kier molecular flexibility index (Phi) is 16.7. The van der Waals surface area contributed by atoms with Crippen LogP contribution in [-0.4, -0.2) is 70.5 Å². The number of aliphatic hydroxyl groups is 2. The minimum absolute atomic E-state index is 0. The predicted molar refractivity (Wildman–Crippen MR) is 35.5 cm³/mol. The normalized spacial score (nSPS) is 8.80. The van der Waals surface area contributed by atoms with E-state index < -0.39 is 10.4 Å². The molecule has 0 heterocycles. The zero-order valence-electron chi connectivity index (χ0n) is 4.43. The number of hydrogen-bond donors (Lipinski definition) is 4. The van der Waals surface area contributed by atoms with Crippen LogP contribution in [0.15, 0.2) is 0 Å². The first-order valence-corrected chi connectivity index (χ1v) is 3.23. The first-order valence-electron chi connectivity index (χ1n) is 1.83. The Morgan fingerprint density at radius 2 is 1.10 bits per heavy atom. The van der Waals surface area contributed by atoms with E-state index in [1.54, 1.807) is 0 Å². The van der Waals surface area contributed by atoms with E-state index in [2.05, 4.69) is 0 Å². The second-order valence-corrected chi connectivity index (χ2v) is 1.79. The maximum atomic E-state index is 8.74. The van der Waals surface area contributed by atoms with E-state index in [0.29, 0.717) is 0 Å². The Morgan fingerprint density at radius 3 is 1.10 bits per heavy atom. The monoisotopic (exact) mass is 184 g/mol. The third-order valence-corrected chi connectivity index (χ3v) is 0.1000. The van der Waals surface area contributed by atoms with Gasteiger partial charge >= 0.3 is 40.0 Å². The molecule has 0 spiro atoms. The summed E-state index contributed by atoms with van der Waals surface area (Å²) >= 11 is 0. The molecule has 6 nitrogen and oxygen atoms in total. The first kappa shape index (κ1) is 17.0. The van der Waals surface area contributed by atoms with Gasteiger partial charge < -0.3 is 10.2 Å². The van der Waals surface area contributed by atoms with Crippen LogP contribution in [0.3, 0.4) is 0 Å². The van der Waals surface area contributed by atoms with Gasteiger partial charge in [-0.15, -0.1) is 0 Å². The summed E-state index contributed by atoms with van der Waals surface area (Å²) in [5.74, 6) is 0. The Balaban J connectivity index is -0.0000000910. The number of hydrogen-bond acceptors (Lipinski definition) is 4. The van der Waals surface area contributed by atoms with Crippen molar-refractivity contribution >= 4 is 40.0 Å². The standard InChI is InChI=1S/C2H6O2.Na.H2O4S.H/c3-1-2-4;;1-5(2,3)4;/h3-4H,1-2H2;;(H2,1,2,3,4);. The van der Waals surface area contributed by atoms with Gasteiger partial charge in [0.2, 0.25) is 0 Å². The van der Waals surface area contributed by atoms with Gasteiger partial charge in [-0.3, -0.25) is 9.11 Å². The summed E-state index contributed by atoms with van der Waals surface area (Å²) in [5, 5.41) is 15.2. The third kappa shape index (κ3) is 166. The van der Waals surface area contributed by atoms with Crippen LogP contribution in [0.1, 0.15) is 0 Å². The summed E-state index contributed by atoms with van der Waals surface area (Å²) < 4.78 is 31.6. The summed E-state index contributed by atoms with van der Waals surface area (Å²) in [6.07, 6.45) is 0. The number of rotatable bonds is 1. The van der Waals surface area contributed by atoms with Crippen LogP contribution in [0.5, 0.6) is 0 Å². The Labute approximate surface area is 80.7 Å². The Morgan fingerprint density at radius 1 is 1.00 bits per heavy atom. The van der Waals surface area contributed by atoms with Gasteiger partial charge in [-0.25, -0.2) is 0 Å². The van der Waals surface area contributed by atoms with Gasteiger partial charge in [0, 0.05) is 0 Å². The molecule has 0 radical (unpaired) electrons. The van der Waals surface area contributed by atoms with Crippen molar-refractivity contribution in [2.45, 2.75) is 0 Å². The molecule has 0 amide bonds. The Hall–Kier alpha value is 0.790. The average molecular weight is 184 g/mol. The molecule has 60 valence electrons. The van der Waals surface area contributed by atoms with Crippen molar-refractivity contribution in [3.8, 4) is 0 Å². The van der Waals surface area contributed by atoms with E-state index in [1.165, 1.54) is 0 Å². The third-order valence-electron chi connectivity index (χ3n) is 0.1000. The second kappa shape index (κ2) is 9.79. The zero-order valence-corrected chi connectivity index (χ0v) is 5.24. The molecule has 0 aromatic heterocycles. The molecule has 0 saturated heterocycles. The minimum atomic E-state index is -4.67. The number of aliphatic hydroxyl groups excluding tert-OH is 2. The van der Waals surface area contributed by atoms with Gasteiger partial charge in [0.25, 0.3) is 0 Å². The van der Waals surface area contributed by atoms with Crippen LogP contribution in [0.25, 0.3) is 0 Å². The molecule has 0 aliphatic rings. The van der Waals surface area contributed by atoms with E-state index in [0.717, 1.165) is 0 Å². The van der Waals surface area contributed by atoms with Crippen molar-refractivity contribution in [3.63, 3.8) is 0 Å². The molecule has 0 atom stereocenters. The molecular formula is C2H9NaO6S. The summed E-state index contributed by atoms with van der Waals surface area (Å²) in [6, 6.07) is 0. The fraction of sp³-hybridized carbons (Fsp3) is 1.00.